The third-order valence-electron chi connectivity index (χ3n) is 3.40. The summed E-state index contributed by atoms with van der Waals surface area (Å²) in [4.78, 5) is 0. The third-order valence-corrected chi connectivity index (χ3v) is 3.40. The van der Waals surface area contributed by atoms with Gasteiger partial charge in [-0.1, -0.05) is 24.3 Å². The van der Waals surface area contributed by atoms with Crippen LogP contribution >= 0.6 is 0 Å². The molecule has 0 aromatic heterocycles. The van der Waals surface area contributed by atoms with Gasteiger partial charge in [-0.25, -0.2) is 0 Å². The van der Waals surface area contributed by atoms with Crippen LogP contribution in [0.4, 0.5) is 0 Å². The van der Waals surface area contributed by atoms with Crippen molar-refractivity contribution in [3.8, 4) is 11.5 Å². The van der Waals surface area contributed by atoms with Crippen LogP contribution in [0.2, 0.25) is 0 Å². The molecule has 0 aliphatic rings. The van der Waals surface area contributed by atoms with Crippen LogP contribution in [-0.4, -0.2) is 32.5 Å². The van der Waals surface area contributed by atoms with Gasteiger partial charge >= 0.3 is 0 Å². The Bertz CT molecular complexity index is 566. The standard InChI is InChI=1S/C18H22O4/c1-20-11-10-14-6-8-16(9-7-14)22-13-18(19)15-4-3-5-17(12-15)21-2/h3-9,12,18-19H,10-11,13H2,1-2H3. The van der Waals surface area contributed by atoms with Crippen molar-refractivity contribution in [2.24, 2.45) is 0 Å². The first kappa shape index (κ1) is 16.3. The fourth-order valence-corrected chi connectivity index (χ4v) is 2.09. The fraction of sp³-hybridized carbons (Fsp3) is 0.333. The van der Waals surface area contributed by atoms with Gasteiger partial charge in [0.25, 0.3) is 0 Å². The zero-order chi connectivity index (χ0) is 15.8. The number of rotatable bonds is 8. The van der Waals surface area contributed by atoms with E-state index in [4.69, 9.17) is 14.2 Å². The van der Waals surface area contributed by atoms with E-state index in [0.29, 0.717) is 6.61 Å². The van der Waals surface area contributed by atoms with Crippen LogP contribution in [0.5, 0.6) is 11.5 Å². The maximum Gasteiger partial charge on any atom is 0.119 e. The smallest absolute Gasteiger partial charge is 0.119 e. The first-order chi connectivity index (χ1) is 10.7. The quantitative estimate of drug-likeness (QED) is 0.814. The molecule has 22 heavy (non-hydrogen) atoms. The average molecular weight is 302 g/mol. The molecule has 0 aliphatic carbocycles. The summed E-state index contributed by atoms with van der Waals surface area (Å²) in [5, 5.41) is 10.2. The molecule has 0 spiro atoms. The first-order valence-electron chi connectivity index (χ1n) is 7.25. The van der Waals surface area contributed by atoms with Crippen molar-refractivity contribution in [1.82, 2.24) is 0 Å². The second-order valence-electron chi connectivity index (χ2n) is 4.99. The van der Waals surface area contributed by atoms with Crippen LogP contribution in [0.3, 0.4) is 0 Å². The predicted molar refractivity (Wildman–Crippen MR) is 85.5 cm³/mol. The van der Waals surface area contributed by atoms with Crippen molar-refractivity contribution in [2.45, 2.75) is 12.5 Å². The maximum atomic E-state index is 10.2. The number of aliphatic hydroxyl groups excluding tert-OH is 1. The zero-order valence-electron chi connectivity index (χ0n) is 13.0. The van der Waals surface area contributed by atoms with Gasteiger partial charge in [-0.2, -0.15) is 0 Å². The molecule has 4 heteroatoms. The van der Waals surface area contributed by atoms with Gasteiger partial charge in [-0.3, -0.25) is 0 Å². The number of aliphatic hydroxyl groups is 1. The highest BCUT2D eigenvalue weighted by atomic mass is 16.5. The third kappa shape index (κ3) is 4.76. The molecule has 2 rings (SSSR count). The molecule has 0 fully saturated rings. The minimum absolute atomic E-state index is 0.199. The van der Waals surface area contributed by atoms with E-state index in [1.165, 1.54) is 5.56 Å². The van der Waals surface area contributed by atoms with Gasteiger partial charge in [-0.05, 0) is 41.8 Å². The number of ether oxygens (including phenoxy) is 3. The summed E-state index contributed by atoms with van der Waals surface area (Å²) in [6.07, 6.45) is 0.187. The molecular weight excluding hydrogens is 280 g/mol. The van der Waals surface area contributed by atoms with E-state index in [0.717, 1.165) is 23.5 Å². The maximum absolute atomic E-state index is 10.2. The molecule has 0 amide bonds. The van der Waals surface area contributed by atoms with Crippen molar-refractivity contribution in [2.75, 3.05) is 27.4 Å². The summed E-state index contributed by atoms with van der Waals surface area (Å²) in [7, 11) is 3.30. The van der Waals surface area contributed by atoms with Crippen LogP contribution in [0, 0.1) is 0 Å². The zero-order valence-corrected chi connectivity index (χ0v) is 13.0. The molecule has 0 radical (unpaired) electrons. The summed E-state index contributed by atoms with van der Waals surface area (Å²) >= 11 is 0. The van der Waals surface area contributed by atoms with E-state index >= 15 is 0 Å². The lowest BCUT2D eigenvalue weighted by atomic mass is 10.1. The molecule has 1 N–H and O–H groups in total. The minimum atomic E-state index is -0.691. The molecule has 2 aromatic carbocycles. The molecule has 2 aromatic rings. The van der Waals surface area contributed by atoms with E-state index in [1.807, 2.05) is 48.5 Å². The molecular formula is C18H22O4. The molecule has 0 aliphatic heterocycles. The second-order valence-corrected chi connectivity index (χ2v) is 4.99. The summed E-state index contributed by atoms with van der Waals surface area (Å²) in [6.45, 7) is 0.902. The Balaban J connectivity index is 1.88. The monoisotopic (exact) mass is 302 g/mol. The lowest BCUT2D eigenvalue weighted by Gasteiger charge is -2.14. The second kappa shape index (κ2) is 8.41. The van der Waals surface area contributed by atoms with E-state index in [1.54, 1.807) is 14.2 Å². The lowest BCUT2D eigenvalue weighted by Crippen LogP contribution is -2.09. The van der Waals surface area contributed by atoms with E-state index in [-0.39, 0.29) is 6.61 Å². The Morgan fingerprint density at radius 2 is 1.77 bits per heavy atom. The van der Waals surface area contributed by atoms with Gasteiger partial charge in [0.2, 0.25) is 0 Å². The SMILES string of the molecule is COCCc1ccc(OCC(O)c2cccc(OC)c2)cc1. The normalized spacial score (nSPS) is 12.0. The summed E-state index contributed by atoms with van der Waals surface area (Å²) in [6, 6.07) is 15.2. The van der Waals surface area contributed by atoms with Crippen molar-refractivity contribution in [1.29, 1.82) is 0 Å². The highest BCUT2D eigenvalue weighted by Crippen LogP contribution is 2.21. The molecule has 0 saturated heterocycles. The van der Waals surface area contributed by atoms with E-state index < -0.39 is 6.10 Å². The van der Waals surface area contributed by atoms with E-state index in [2.05, 4.69) is 0 Å². The summed E-state index contributed by atoms with van der Waals surface area (Å²) in [5.41, 5.74) is 1.97. The molecule has 0 heterocycles. The van der Waals surface area contributed by atoms with Gasteiger partial charge in [0.1, 0.15) is 24.2 Å². The predicted octanol–water partition coefficient (Wildman–Crippen LogP) is 3.00. The Morgan fingerprint density at radius 1 is 1.00 bits per heavy atom. The molecule has 0 saturated carbocycles. The fourth-order valence-electron chi connectivity index (χ4n) is 2.09. The summed E-state index contributed by atoms with van der Waals surface area (Å²) < 4.78 is 15.8. The number of methoxy groups -OCH3 is 2. The van der Waals surface area contributed by atoms with Crippen LogP contribution in [0.1, 0.15) is 17.2 Å². The van der Waals surface area contributed by atoms with Crippen molar-refractivity contribution >= 4 is 0 Å². The number of benzene rings is 2. The van der Waals surface area contributed by atoms with Gasteiger partial charge in [0.15, 0.2) is 0 Å². The molecule has 1 atom stereocenters. The molecule has 4 nitrogen and oxygen atoms in total. The Kier molecular flexibility index (Phi) is 6.25. The van der Waals surface area contributed by atoms with Crippen molar-refractivity contribution in [3.05, 3.63) is 59.7 Å². The van der Waals surface area contributed by atoms with Crippen LogP contribution in [0.25, 0.3) is 0 Å². The molecule has 1 unspecified atom stereocenters. The molecule has 118 valence electrons. The van der Waals surface area contributed by atoms with Gasteiger partial charge < -0.3 is 19.3 Å². The highest BCUT2D eigenvalue weighted by Gasteiger charge is 2.09. The van der Waals surface area contributed by atoms with Gasteiger partial charge in [0, 0.05) is 7.11 Å². The Hall–Kier alpha value is -2.04. The van der Waals surface area contributed by atoms with E-state index in [9.17, 15) is 5.11 Å². The largest absolute Gasteiger partial charge is 0.497 e. The van der Waals surface area contributed by atoms with Crippen molar-refractivity contribution in [3.63, 3.8) is 0 Å². The van der Waals surface area contributed by atoms with Crippen molar-refractivity contribution < 1.29 is 19.3 Å². The van der Waals surface area contributed by atoms with Gasteiger partial charge in [-0.15, -0.1) is 0 Å². The minimum Gasteiger partial charge on any atom is -0.497 e. The first-order valence-corrected chi connectivity index (χ1v) is 7.25. The lowest BCUT2D eigenvalue weighted by molar-refractivity contribution is 0.108. The summed E-state index contributed by atoms with van der Waals surface area (Å²) in [5.74, 6) is 1.46. The Labute approximate surface area is 131 Å². The Morgan fingerprint density at radius 3 is 2.45 bits per heavy atom. The average Bonchev–Trinajstić information content (AvgIpc) is 2.58. The highest BCUT2D eigenvalue weighted by molar-refractivity contribution is 5.30. The topological polar surface area (TPSA) is 47.9 Å². The van der Waals surface area contributed by atoms with Crippen LogP contribution in [-0.2, 0) is 11.2 Å². The van der Waals surface area contributed by atoms with Gasteiger partial charge in [0.05, 0.1) is 13.7 Å². The van der Waals surface area contributed by atoms with Crippen LogP contribution < -0.4 is 9.47 Å². The number of hydrogen-bond donors (Lipinski definition) is 1. The number of hydrogen-bond acceptors (Lipinski definition) is 4. The molecule has 0 bridgehead atoms. The van der Waals surface area contributed by atoms with Crippen LogP contribution in [0.15, 0.2) is 48.5 Å².